The fraction of sp³-hybridized carbons (Fsp3) is 0.478. The van der Waals surface area contributed by atoms with E-state index >= 15 is 0 Å². The third-order valence-electron chi connectivity index (χ3n) is 6.08. The van der Waals surface area contributed by atoms with Gasteiger partial charge < -0.3 is 15.5 Å². The molecular weight excluding hydrogens is 394 g/mol. The van der Waals surface area contributed by atoms with Crippen molar-refractivity contribution < 1.29 is 9.59 Å². The molecular formula is C23H29N5O3. The highest BCUT2D eigenvalue weighted by Gasteiger charge is 2.35. The van der Waals surface area contributed by atoms with E-state index in [2.05, 4.69) is 34.4 Å². The predicted octanol–water partition coefficient (Wildman–Crippen LogP) is 2.88. The minimum atomic E-state index is -0.891. The maximum atomic E-state index is 13.1. The number of nitrogens with one attached hydrogen (secondary N) is 3. The van der Waals surface area contributed by atoms with Crippen molar-refractivity contribution in [3.05, 3.63) is 45.7 Å². The van der Waals surface area contributed by atoms with Crippen LogP contribution in [-0.4, -0.2) is 34.9 Å². The molecule has 4 rings (SSSR count). The summed E-state index contributed by atoms with van der Waals surface area (Å²) in [6.45, 7) is 7.94. The summed E-state index contributed by atoms with van der Waals surface area (Å²) in [5.74, 6) is 0.00889. The first-order valence-electron chi connectivity index (χ1n) is 10.9. The first kappa shape index (κ1) is 21.1. The summed E-state index contributed by atoms with van der Waals surface area (Å²) in [7, 11) is 0. The third kappa shape index (κ3) is 4.33. The number of aromatic amines is 1. The summed E-state index contributed by atoms with van der Waals surface area (Å²) in [6, 6.07) is 7.52. The van der Waals surface area contributed by atoms with Crippen LogP contribution in [0.15, 0.2) is 29.1 Å². The second kappa shape index (κ2) is 8.53. The monoisotopic (exact) mass is 423 g/mol. The van der Waals surface area contributed by atoms with Crippen molar-refractivity contribution in [3.63, 3.8) is 0 Å². The number of hydrogen-bond acceptors (Lipinski definition) is 5. The van der Waals surface area contributed by atoms with Gasteiger partial charge >= 0.3 is 0 Å². The molecule has 2 aromatic rings. The Hall–Kier alpha value is -3.16. The second-order valence-electron chi connectivity index (χ2n) is 8.81. The highest BCUT2D eigenvalue weighted by Crippen LogP contribution is 2.32. The van der Waals surface area contributed by atoms with Gasteiger partial charge in [0.15, 0.2) is 0 Å². The van der Waals surface area contributed by atoms with E-state index < -0.39 is 5.92 Å². The van der Waals surface area contributed by atoms with E-state index in [-0.39, 0.29) is 35.2 Å². The number of H-pyrrole nitrogens is 1. The van der Waals surface area contributed by atoms with Gasteiger partial charge in [-0.15, -0.1) is 0 Å². The maximum Gasteiger partial charge on any atom is 0.258 e. The van der Waals surface area contributed by atoms with Crippen LogP contribution in [0.2, 0.25) is 0 Å². The first-order valence-corrected chi connectivity index (χ1v) is 10.9. The lowest BCUT2D eigenvalue weighted by Crippen LogP contribution is -2.42. The molecule has 1 fully saturated rings. The van der Waals surface area contributed by atoms with E-state index in [0.29, 0.717) is 23.5 Å². The standard InChI is InChI=1S/C23H29N5O3/c1-4-15-7-5-6-8-17(15)24-21(30)16-10-18(29)25-20-19(16)22(31)27-23(26-20)28-11-13(2)9-14(3)12-28/h5-8,13-14,16H,4,9-12H2,1-3H3,(H,24,30)(H2,25,26,27,29,31)/t13-,14-,16-/m1/s1. The smallest absolute Gasteiger partial charge is 0.258 e. The number of aromatic nitrogens is 2. The molecule has 31 heavy (non-hydrogen) atoms. The van der Waals surface area contributed by atoms with Crippen molar-refractivity contribution in [1.82, 2.24) is 9.97 Å². The van der Waals surface area contributed by atoms with E-state index in [1.165, 1.54) is 0 Å². The number of hydrogen-bond donors (Lipinski definition) is 3. The van der Waals surface area contributed by atoms with Crippen LogP contribution in [0.4, 0.5) is 17.5 Å². The van der Waals surface area contributed by atoms with Crippen molar-refractivity contribution in [3.8, 4) is 0 Å². The summed E-state index contributed by atoms with van der Waals surface area (Å²) >= 11 is 0. The molecule has 1 aromatic heterocycles. The van der Waals surface area contributed by atoms with Crippen molar-refractivity contribution in [2.24, 2.45) is 11.8 Å². The number of piperidine rings is 1. The zero-order chi connectivity index (χ0) is 22.1. The Morgan fingerprint density at radius 2 is 1.90 bits per heavy atom. The molecule has 1 saturated heterocycles. The average molecular weight is 424 g/mol. The summed E-state index contributed by atoms with van der Waals surface area (Å²) < 4.78 is 0. The van der Waals surface area contributed by atoms with E-state index in [1.807, 2.05) is 36.1 Å². The highest BCUT2D eigenvalue weighted by molar-refractivity contribution is 6.04. The average Bonchev–Trinajstić information content (AvgIpc) is 2.72. The number of carbonyl (C=O) groups is 2. The topological polar surface area (TPSA) is 107 Å². The molecule has 0 bridgehead atoms. The molecule has 1 aromatic carbocycles. The van der Waals surface area contributed by atoms with Crippen LogP contribution in [0.5, 0.6) is 0 Å². The number of rotatable bonds is 4. The second-order valence-corrected chi connectivity index (χ2v) is 8.81. The Labute approximate surface area is 181 Å². The summed E-state index contributed by atoms with van der Waals surface area (Å²) in [5.41, 5.74) is 1.52. The van der Waals surface area contributed by atoms with Gasteiger partial charge in [0.25, 0.3) is 5.56 Å². The van der Waals surface area contributed by atoms with Gasteiger partial charge in [0, 0.05) is 25.2 Å². The fourth-order valence-electron chi connectivity index (χ4n) is 4.74. The fourth-order valence-corrected chi connectivity index (χ4v) is 4.74. The molecule has 0 saturated carbocycles. The first-order chi connectivity index (χ1) is 14.9. The minimum Gasteiger partial charge on any atom is -0.342 e. The molecule has 3 heterocycles. The summed E-state index contributed by atoms with van der Waals surface area (Å²) in [4.78, 5) is 47.9. The lowest BCUT2D eigenvalue weighted by Gasteiger charge is -2.35. The number of para-hydroxylation sites is 1. The van der Waals surface area contributed by atoms with Crippen LogP contribution in [0.3, 0.4) is 0 Å². The van der Waals surface area contributed by atoms with E-state index in [1.54, 1.807) is 0 Å². The van der Waals surface area contributed by atoms with E-state index in [0.717, 1.165) is 31.5 Å². The molecule has 0 radical (unpaired) electrons. The van der Waals surface area contributed by atoms with Crippen LogP contribution in [-0.2, 0) is 16.0 Å². The molecule has 0 unspecified atom stereocenters. The molecule has 8 nitrogen and oxygen atoms in total. The number of anilines is 3. The maximum absolute atomic E-state index is 13.1. The molecule has 2 aliphatic rings. The summed E-state index contributed by atoms with van der Waals surface area (Å²) in [5, 5.41) is 5.60. The lowest BCUT2D eigenvalue weighted by molar-refractivity contribution is -0.123. The van der Waals surface area contributed by atoms with Crippen LogP contribution >= 0.6 is 0 Å². The van der Waals surface area contributed by atoms with Crippen LogP contribution < -0.4 is 21.1 Å². The largest absolute Gasteiger partial charge is 0.342 e. The van der Waals surface area contributed by atoms with Crippen LogP contribution in [0.25, 0.3) is 0 Å². The molecule has 8 heteroatoms. The van der Waals surface area contributed by atoms with Crippen molar-refractivity contribution in [2.75, 3.05) is 28.6 Å². The van der Waals surface area contributed by atoms with Crippen molar-refractivity contribution in [1.29, 1.82) is 0 Å². The summed E-state index contributed by atoms with van der Waals surface area (Å²) in [6.07, 6.45) is 1.80. The van der Waals surface area contributed by atoms with E-state index in [4.69, 9.17) is 0 Å². The van der Waals surface area contributed by atoms with Crippen molar-refractivity contribution in [2.45, 2.75) is 46.0 Å². The molecule has 3 N–H and O–H groups in total. The van der Waals surface area contributed by atoms with Crippen LogP contribution in [0.1, 0.15) is 50.7 Å². The predicted molar refractivity (Wildman–Crippen MR) is 120 cm³/mol. The zero-order valence-electron chi connectivity index (χ0n) is 18.2. The SMILES string of the molecule is CCc1ccccc1NC(=O)[C@@H]1CC(=O)Nc2nc(N3C[C@H](C)C[C@@H](C)C3)[nH]c(=O)c21. The van der Waals surface area contributed by atoms with Gasteiger partial charge in [-0.3, -0.25) is 19.4 Å². The number of nitrogens with zero attached hydrogens (tertiary/aromatic N) is 2. The Morgan fingerprint density at radius 1 is 1.19 bits per heavy atom. The Bertz CT molecular complexity index is 1050. The van der Waals surface area contributed by atoms with Gasteiger partial charge in [0.05, 0.1) is 11.5 Å². The van der Waals surface area contributed by atoms with Gasteiger partial charge in [-0.05, 0) is 36.3 Å². The third-order valence-corrected chi connectivity index (χ3v) is 6.08. The molecule has 3 atom stereocenters. The Balaban J connectivity index is 1.65. The van der Waals surface area contributed by atoms with E-state index in [9.17, 15) is 14.4 Å². The highest BCUT2D eigenvalue weighted by atomic mass is 16.2. The number of aryl methyl sites for hydroxylation is 1. The molecule has 2 aliphatic heterocycles. The molecule has 0 spiro atoms. The van der Waals surface area contributed by atoms with Gasteiger partial charge in [-0.25, -0.2) is 0 Å². The molecule has 164 valence electrons. The van der Waals surface area contributed by atoms with Gasteiger partial charge in [-0.1, -0.05) is 39.0 Å². The lowest BCUT2D eigenvalue weighted by atomic mass is 9.91. The minimum absolute atomic E-state index is 0.0883. The van der Waals surface area contributed by atoms with Gasteiger partial charge in [-0.2, -0.15) is 4.98 Å². The van der Waals surface area contributed by atoms with Crippen molar-refractivity contribution >= 4 is 29.3 Å². The zero-order valence-corrected chi connectivity index (χ0v) is 18.2. The Morgan fingerprint density at radius 3 is 2.61 bits per heavy atom. The van der Waals surface area contributed by atoms with Gasteiger partial charge in [0.2, 0.25) is 17.8 Å². The number of carbonyl (C=O) groups excluding carboxylic acids is 2. The number of amides is 2. The quantitative estimate of drug-likeness (QED) is 0.701. The normalized spacial score (nSPS) is 23.1. The molecule has 2 amide bonds. The number of fused-ring (bicyclic) bond motifs is 1. The van der Waals surface area contributed by atoms with Gasteiger partial charge in [0.1, 0.15) is 5.82 Å². The van der Waals surface area contributed by atoms with Crippen LogP contribution in [0, 0.1) is 11.8 Å². The molecule has 0 aliphatic carbocycles. The number of benzene rings is 1. The Kier molecular flexibility index (Phi) is 5.80.